The molecule has 0 amide bonds. The zero-order valence-electron chi connectivity index (χ0n) is 10.3. The van der Waals surface area contributed by atoms with Crippen molar-refractivity contribution in [2.24, 2.45) is 11.1 Å². The second-order valence-corrected chi connectivity index (χ2v) is 5.47. The number of hydrogen-bond acceptors (Lipinski definition) is 5. The predicted molar refractivity (Wildman–Crippen MR) is 71.3 cm³/mol. The summed E-state index contributed by atoms with van der Waals surface area (Å²) in [5.74, 6) is -0.0510. The maximum absolute atomic E-state index is 12.0. The standard InChI is InChI=1S/C13H12BrNO4/c1-2-17-12(16)13(14)9-7-18-10-6-4-3-5-8(10)11(9)15-19-13/h3-6,9H,2,7H2,1H3. The summed E-state index contributed by atoms with van der Waals surface area (Å²) in [7, 11) is 0. The van der Waals surface area contributed by atoms with Crippen molar-refractivity contribution < 1.29 is 19.1 Å². The molecule has 19 heavy (non-hydrogen) atoms. The van der Waals surface area contributed by atoms with E-state index in [9.17, 15) is 4.79 Å². The average Bonchev–Trinajstić information content (AvgIpc) is 2.78. The Morgan fingerprint density at radius 1 is 1.58 bits per heavy atom. The van der Waals surface area contributed by atoms with Crippen molar-refractivity contribution >= 4 is 27.6 Å². The number of halogens is 1. The lowest BCUT2D eigenvalue weighted by molar-refractivity contribution is -0.160. The van der Waals surface area contributed by atoms with Gasteiger partial charge >= 0.3 is 5.97 Å². The highest BCUT2D eigenvalue weighted by Gasteiger charge is 2.56. The summed E-state index contributed by atoms with van der Waals surface area (Å²) in [6.07, 6.45) is 0. The Balaban J connectivity index is 1.95. The van der Waals surface area contributed by atoms with E-state index in [0.717, 1.165) is 11.3 Å². The summed E-state index contributed by atoms with van der Waals surface area (Å²) in [5.41, 5.74) is 1.57. The molecule has 0 bridgehead atoms. The number of nitrogens with zero attached hydrogens (tertiary/aromatic N) is 1. The monoisotopic (exact) mass is 325 g/mol. The second-order valence-electron chi connectivity index (χ2n) is 4.29. The summed E-state index contributed by atoms with van der Waals surface area (Å²) in [6, 6.07) is 7.55. The number of esters is 1. The molecule has 1 aromatic carbocycles. The van der Waals surface area contributed by atoms with E-state index in [1.165, 1.54) is 0 Å². The number of oxime groups is 1. The number of benzene rings is 1. The van der Waals surface area contributed by atoms with Crippen LogP contribution in [0.1, 0.15) is 12.5 Å². The zero-order chi connectivity index (χ0) is 13.5. The highest BCUT2D eigenvalue weighted by atomic mass is 79.9. The van der Waals surface area contributed by atoms with Gasteiger partial charge in [-0.2, -0.15) is 0 Å². The Morgan fingerprint density at radius 2 is 2.37 bits per heavy atom. The molecule has 2 unspecified atom stereocenters. The third-order valence-corrected chi connectivity index (χ3v) is 4.20. The first-order chi connectivity index (χ1) is 9.16. The summed E-state index contributed by atoms with van der Waals surface area (Å²) < 4.78 is 9.40. The van der Waals surface area contributed by atoms with Crippen LogP contribution in [-0.4, -0.2) is 29.4 Å². The van der Waals surface area contributed by atoms with E-state index in [0.29, 0.717) is 12.3 Å². The van der Waals surface area contributed by atoms with Crippen LogP contribution in [0.4, 0.5) is 0 Å². The predicted octanol–water partition coefficient (Wildman–Crippen LogP) is 2.08. The summed E-state index contributed by atoms with van der Waals surface area (Å²) in [4.78, 5) is 17.3. The first-order valence-corrected chi connectivity index (χ1v) is 6.80. The Morgan fingerprint density at radius 3 is 3.16 bits per heavy atom. The van der Waals surface area contributed by atoms with Gasteiger partial charge < -0.3 is 14.3 Å². The van der Waals surface area contributed by atoms with Gasteiger partial charge in [0.1, 0.15) is 24.0 Å². The van der Waals surface area contributed by atoms with Crippen molar-refractivity contribution in [3.8, 4) is 5.75 Å². The maximum atomic E-state index is 12.0. The molecule has 0 saturated heterocycles. The van der Waals surface area contributed by atoms with Gasteiger partial charge in [0, 0.05) is 5.56 Å². The highest BCUT2D eigenvalue weighted by molar-refractivity contribution is 9.10. The van der Waals surface area contributed by atoms with Crippen LogP contribution in [0, 0.1) is 5.92 Å². The van der Waals surface area contributed by atoms with Crippen LogP contribution in [-0.2, 0) is 14.4 Å². The number of fused-ring (bicyclic) bond motifs is 3. The smallest absolute Gasteiger partial charge is 0.365 e. The van der Waals surface area contributed by atoms with Gasteiger partial charge in [-0.1, -0.05) is 17.3 Å². The van der Waals surface area contributed by atoms with E-state index in [1.807, 2.05) is 24.3 Å². The molecule has 2 aliphatic rings. The van der Waals surface area contributed by atoms with E-state index in [-0.39, 0.29) is 12.5 Å². The minimum Gasteiger partial charge on any atom is -0.492 e. The van der Waals surface area contributed by atoms with Crippen LogP contribution in [0.25, 0.3) is 0 Å². The number of para-hydroxylation sites is 1. The molecule has 0 aliphatic carbocycles. The van der Waals surface area contributed by atoms with E-state index in [1.54, 1.807) is 6.92 Å². The van der Waals surface area contributed by atoms with Crippen molar-refractivity contribution in [2.45, 2.75) is 11.4 Å². The molecule has 5 nitrogen and oxygen atoms in total. The molecule has 2 atom stereocenters. The van der Waals surface area contributed by atoms with Gasteiger partial charge in [-0.15, -0.1) is 0 Å². The third kappa shape index (κ3) is 1.82. The number of hydrogen-bond donors (Lipinski definition) is 0. The summed E-state index contributed by atoms with van der Waals surface area (Å²) >= 11 is 3.31. The molecule has 0 spiro atoms. The Labute approximate surface area is 118 Å². The molecule has 6 heteroatoms. The van der Waals surface area contributed by atoms with Gasteiger partial charge in [-0.25, -0.2) is 4.79 Å². The number of carbonyl (C=O) groups excluding carboxylic acids is 1. The van der Waals surface area contributed by atoms with Crippen LogP contribution in [0.15, 0.2) is 29.4 Å². The molecular formula is C13H12BrNO4. The van der Waals surface area contributed by atoms with Crippen molar-refractivity contribution in [1.82, 2.24) is 0 Å². The van der Waals surface area contributed by atoms with Gasteiger partial charge in [-0.3, -0.25) is 0 Å². The van der Waals surface area contributed by atoms with E-state index in [2.05, 4.69) is 21.1 Å². The SMILES string of the molecule is CCOC(=O)C1(Br)ON=C2c3ccccc3OCC21. The lowest BCUT2D eigenvalue weighted by atomic mass is 9.90. The first-order valence-electron chi connectivity index (χ1n) is 6.01. The Hall–Kier alpha value is -1.56. The normalized spacial score (nSPS) is 27.5. The van der Waals surface area contributed by atoms with Crippen LogP contribution in [0.2, 0.25) is 0 Å². The van der Waals surface area contributed by atoms with E-state index >= 15 is 0 Å². The lowest BCUT2D eigenvalue weighted by Crippen LogP contribution is -2.46. The largest absolute Gasteiger partial charge is 0.492 e. The fourth-order valence-electron chi connectivity index (χ4n) is 2.23. The number of alkyl halides is 1. The highest BCUT2D eigenvalue weighted by Crippen LogP contribution is 2.43. The molecular weight excluding hydrogens is 314 g/mol. The summed E-state index contributed by atoms with van der Waals surface area (Å²) in [6.45, 7) is 2.35. The third-order valence-electron chi connectivity index (χ3n) is 3.18. The number of carbonyl (C=O) groups is 1. The van der Waals surface area contributed by atoms with Gasteiger partial charge in [0.05, 0.1) is 6.61 Å². The molecule has 1 aromatic rings. The lowest BCUT2D eigenvalue weighted by Gasteiger charge is -2.28. The van der Waals surface area contributed by atoms with Crippen LogP contribution < -0.4 is 4.74 Å². The fraction of sp³-hybridized carbons (Fsp3) is 0.385. The van der Waals surface area contributed by atoms with Crippen molar-refractivity contribution in [3.63, 3.8) is 0 Å². The average molecular weight is 326 g/mol. The zero-order valence-corrected chi connectivity index (χ0v) is 11.8. The van der Waals surface area contributed by atoms with Crippen molar-refractivity contribution in [3.05, 3.63) is 29.8 Å². The van der Waals surface area contributed by atoms with Gasteiger partial charge in [0.2, 0.25) is 0 Å². The quantitative estimate of drug-likeness (QED) is 0.617. The maximum Gasteiger partial charge on any atom is 0.365 e. The molecule has 0 saturated carbocycles. The van der Waals surface area contributed by atoms with Crippen molar-refractivity contribution in [1.29, 1.82) is 0 Å². The van der Waals surface area contributed by atoms with Crippen molar-refractivity contribution in [2.75, 3.05) is 13.2 Å². The molecule has 2 heterocycles. The topological polar surface area (TPSA) is 57.1 Å². The van der Waals surface area contributed by atoms with Crippen LogP contribution in [0.5, 0.6) is 5.75 Å². The molecule has 2 aliphatic heterocycles. The fourth-order valence-corrected chi connectivity index (χ4v) is 2.76. The Kier molecular flexibility index (Phi) is 2.97. The molecule has 0 radical (unpaired) electrons. The van der Waals surface area contributed by atoms with E-state index < -0.39 is 10.5 Å². The van der Waals surface area contributed by atoms with E-state index in [4.69, 9.17) is 14.3 Å². The Bertz CT molecular complexity index is 559. The molecule has 0 aromatic heterocycles. The van der Waals surface area contributed by atoms with Gasteiger partial charge in [0.15, 0.2) is 0 Å². The molecule has 100 valence electrons. The van der Waals surface area contributed by atoms with Crippen LogP contribution in [0.3, 0.4) is 0 Å². The van der Waals surface area contributed by atoms with Crippen LogP contribution >= 0.6 is 15.9 Å². The van der Waals surface area contributed by atoms with Gasteiger partial charge in [-0.05, 0) is 35.0 Å². The number of ether oxygens (including phenoxy) is 2. The first kappa shape index (κ1) is 12.5. The minimum atomic E-state index is -1.29. The molecule has 3 rings (SSSR count). The number of rotatable bonds is 2. The summed E-state index contributed by atoms with van der Waals surface area (Å²) in [5, 5.41) is 4.04. The molecule has 0 N–H and O–H groups in total. The molecule has 0 fully saturated rings. The second kappa shape index (κ2) is 4.52. The van der Waals surface area contributed by atoms with Gasteiger partial charge in [0.25, 0.3) is 4.51 Å². The minimum absolute atomic E-state index is 0.287.